The molecule has 0 saturated carbocycles. The first kappa shape index (κ1) is 24.0. The zero-order valence-corrected chi connectivity index (χ0v) is 24.7. The highest BCUT2D eigenvalue weighted by Crippen LogP contribution is 2.52. The maximum absolute atomic E-state index is 5.12. The number of imidazole rings is 1. The molecular weight excluding hydrogens is 601 g/mol. The number of aromatic nitrogens is 8. The fourth-order valence-electron chi connectivity index (χ4n) is 5.50. The molecule has 12 heteroatoms. The third-order valence-electron chi connectivity index (χ3n) is 7.26. The average molecular weight is 617 g/mol. The van der Waals surface area contributed by atoms with Crippen LogP contribution in [0.1, 0.15) is 0 Å². The van der Waals surface area contributed by atoms with Crippen molar-refractivity contribution in [3.63, 3.8) is 0 Å². The van der Waals surface area contributed by atoms with E-state index in [0.717, 1.165) is 76.9 Å². The average Bonchev–Trinajstić information content (AvgIpc) is 3.86. The lowest BCUT2D eigenvalue weighted by Gasteiger charge is -2.20. The Labute approximate surface area is 253 Å². The molecule has 6 heterocycles. The van der Waals surface area contributed by atoms with Crippen molar-refractivity contribution in [1.82, 2.24) is 39.9 Å². The summed E-state index contributed by atoms with van der Waals surface area (Å²) in [6.07, 6.45) is 1.85. The molecule has 0 aliphatic heterocycles. The number of rotatable bonds is 5. The topological polar surface area (TPSA) is 109 Å². The Morgan fingerprint density at radius 3 is 2.55 bits per heavy atom. The quantitative estimate of drug-likeness (QED) is 0.200. The number of nitrogens with one attached hydrogen (secondary N) is 2. The van der Waals surface area contributed by atoms with Crippen LogP contribution in [0, 0.1) is 0 Å². The van der Waals surface area contributed by atoms with Gasteiger partial charge >= 0.3 is 0 Å². The number of thiophene rings is 2. The van der Waals surface area contributed by atoms with Gasteiger partial charge in [0.05, 0.1) is 16.6 Å². The largest absolute Gasteiger partial charge is 0.338 e. The van der Waals surface area contributed by atoms with Crippen molar-refractivity contribution in [3.8, 4) is 54.8 Å². The lowest BCUT2D eigenvalue weighted by molar-refractivity contribution is 0.959. The van der Waals surface area contributed by atoms with Gasteiger partial charge in [0.2, 0.25) is 0 Å². The predicted octanol–water partition coefficient (Wildman–Crippen LogP) is 8.75. The molecule has 0 bridgehead atoms. The number of hydrogen-bond acceptors (Lipinski definition) is 10. The summed E-state index contributed by atoms with van der Waals surface area (Å²) in [6.45, 7) is 0. The molecule has 0 aliphatic carbocycles. The van der Waals surface area contributed by atoms with Crippen LogP contribution in [0.25, 0.3) is 86.3 Å². The molecule has 0 saturated heterocycles. The molecule has 0 atom stereocenters. The van der Waals surface area contributed by atoms with E-state index in [0.29, 0.717) is 0 Å². The van der Waals surface area contributed by atoms with E-state index in [1.54, 1.807) is 34.0 Å². The summed E-state index contributed by atoms with van der Waals surface area (Å²) in [6, 6.07) is 20.9. The number of nitrogens with zero attached hydrogens (tertiary/aromatic N) is 6. The van der Waals surface area contributed by atoms with Crippen molar-refractivity contribution < 1.29 is 0 Å². The number of hydrogen-bond donors (Lipinski definition) is 2. The Bertz CT molecular complexity index is 2310. The number of aromatic amines is 2. The van der Waals surface area contributed by atoms with E-state index >= 15 is 0 Å². The van der Waals surface area contributed by atoms with Crippen LogP contribution in [0.4, 0.5) is 0 Å². The second kappa shape index (κ2) is 9.46. The Balaban J connectivity index is 1.50. The molecule has 0 spiro atoms. The van der Waals surface area contributed by atoms with Crippen molar-refractivity contribution in [2.24, 2.45) is 0 Å². The first-order valence-corrected chi connectivity index (χ1v) is 16.3. The highest BCUT2D eigenvalue weighted by Gasteiger charge is 2.29. The highest BCUT2D eigenvalue weighted by molar-refractivity contribution is 7.28. The maximum Gasteiger partial charge on any atom is 0.139 e. The van der Waals surface area contributed by atoms with Gasteiger partial charge in [0, 0.05) is 59.1 Å². The minimum atomic E-state index is 0.781. The SMILES string of the molecule is c1ccc2[nH]c(-c3c(-c4nccs4)cc(-c4cccc5[nH]nnc45)c(-c4csnn4)c3-c3cc4sccc4s3)nc2c1. The summed E-state index contributed by atoms with van der Waals surface area (Å²) in [5.41, 5.74) is 10.3. The number of thiazole rings is 1. The van der Waals surface area contributed by atoms with Crippen molar-refractivity contribution in [1.29, 1.82) is 0 Å². The van der Waals surface area contributed by atoms with Crippen LogP contribution in [0.15, 0.2) is 83.0 Å². The van der Waals surface area contributed by atoms with E-state index in [2.05, 4.69) is 65.7 Å². The Morgan fingerprint density at radius 2 is 1.69 bits per heavy atom. The first-order valence-electron chi connectivity index (χ1n) is 12.9. The van der Waals surface area contributed by atoms with E-state index in [9.17, 15) is 0 Å². The third-order valence-corrected chi connectivity index (χ3v) is 10.7. The van der Waals surface area contributed by atoms with Crippen LogP contribution in [0.5, 0.6) is 0 Å². The fourth-order valence-corrected chi connectivity index (χ4v) is 8.77. The lowest BCUT2D eigenvalue weighted by atomic mass is 9.85. The number of para-hydroxylation sites is 2. The molecule has 0 unspecified atom stereocenters. The van der Waals surface area contributed by atoms with Crippen LogP contribution >= 0.6 is 45.5 Å². The van der Waals surface area contributed by atoms with Crippen molar-refractivity contribution in [2.75, 3.05) is 0 Å². The molecule has 9 aromatic rings. The van der Waals surface area contributed by atoms with Crippen LogP contribution < -0.4 is 0 Å². The van der Waals surface area contributed by atoms with Gasteiger partial charge in [-0.1, -0.05) is 34.0 Å². The molecule has 8 nitrogen and oxygen atoms in total. The molecule has 3 aromatic carbocycles. The van der Waals surface area contributed by atoms with Crippen molar-refractivity contribution >= 4 is 77.0 Å². The van der Waals surface area contributed by atoms with Gasteiger partial charge in [-0.3, -0.25) is 5.10 Å². The van der Waals surface area contributed by atoms with E-state index in [1.165, 1.54) is 20.9 Å². The molecule has 6 aromatic heterocycles. The second-order valence-electron chi connectivity index (χ2n) is 9.60. The summed E-state index contributed by atoms with van der Waals surface area (Å²) in [7, 11) is 0. The Morgan fingerprint density at radius 1 is 0.738 bits per heavy atom. The summed E-state index contributed by atoms with van der Waals surface area (Å²) in [5.74, 6) is 0.781. The summed E-state index contributed by atoms with van der Waals surface area (Å²) in [5, 5.41) is 23.3. The molecule has 0 fully saturated rings. The molecule has 9 rings (SSSR count). The summed E-state index contributed by atoms with van der Waals surface area (Å²) in [4.78, 5) is 14.7. The monoisotopic (exact) mass is 616 g/mol. The predicted molar refractivity (Wildman–Crippen MR) is 173 cm³/mol. The third kappa shape index (κ3) is 3.70. The van der Waals surface area contributed by atoms with Crippen LogP contribution in [0.2, 0.25) is 0 Å². The molecule has 200 valence electrons. The zero-order chi connectivity index (χ0) is 27.6. The second-order valence-corrected chi connectivity index (χ2v) is 13.1. The minimum absolute atomic E-state index is 0.781. The fraction of sp³-hybridized carbons (Fsp3) is 0. The molecule has 0 aliphatic rings. The van der Waals surface area contributed by atoms with E-state index in [4.69, 9.17) is 9.97 Å². The van der Waals surface area contributed by atoms with E-state index < -0.39 is 0 Å². The minimum Gasteiger partial charge on any atom is -0.338 e. The molecule has 0 radical (unpaired) electrons. The van der Waals surface area contributed by atoms with Crippen molar-refractivity contribution in [2.45, 2.75) is 0 Å². The maximum atomic E-state index is 5.12. The zero-order valence-electron chi connectivity index (χ0n) is 21.4. The van der Waals surface area contributed by atoms with Crippen molar-refractivity contribution in [3.05, 3.63) is 83.0 Å². The van der Waals surface area contributed by atoms with Gasteiger partial charge in [-0.05, 0) is 58.9 Å². The van der Waals surface area contributed by atoms with Crippen LogP contribution in [-0.2, 0) is 0 Å². The normalized spacial score (nSPS) is 11.8. The van der Waals surface area contributed by atoms with Crippen LogP contribution in [0.3, 0.4) is 0 Å². The molecule has 2 N–H and O–H groups in total. The molecule has 0 amide bonds. The highest BCUT2D eigenvalue weighted by atomic mass is 32.1. The van der Waals surface area contributed by atoms with Gasteiger partial charge in [0.1, 0.15) is 22.0 Å². The van der Waals surface area contributed by atoms with Gasteiger partial charge in [0.25, 0.3) is 0 Å². The lowest BCUT2D eigenvalue weighted by Crippen LogP contribution is -1.98. The first-order chi connectivity index (χ1) is 20.8. The van der Waals surface area contributed by atoms with Gasteiger partial charge in [-0.15, -0.1) is 44.2 Å². The van der Waals surface area contributed by atoms with Gasteiger partial charge in [-0.25, -0.2) is 9.97 Å². The summed E-state index contributed by atoms with van der Waals surface area (Å²) >= 11 is 6.46. The molecular formula is C30H16N8S4. The Hall–Kier alpha value is -4.62. The van der Waals surface area contributed by atoms with E-state index in [1.807, 2.05) is 47.3 Å². The van der Waals surface area contributed by atoms with Gasteiger partial charge in [-0.2, -0.15) is 0 Å². The van der Waals surface area contributed by atoms with Gasteiger partial charge < -0.3 is 4.98 Å². The standard InChI is InChI=1S/C30H16N8S4/c1-2-6-19-18(5-1)32-29(33-19)26-17(30-31-9-11-40-30)12-16(15-4-3-7-20-28(15)36-37-34-20)25(21-14-41-38-35-21)27(26)24-13-23-22(42-24)8-10-39-23/h1-14H,(H,32,33)(H,34,36,37). The van der Waals surface area contributed by atoms with Gasteiger partial charge in [0.15, 0.2) is 0 Å². The number of H-pyrrole nitrogens is 2. The Kier molecular flexibility index (Phi) is 5.41. The smallest absolute Gasteiger partial charge is 0.139 e. The number of benzene rings is 3. The van der Waals surface area contributed by atoms with Crippen LogP contribution in [-0.4, -0.2) is 39.9 Å². The molecule has 42 heavy (non-hydrogen) atoms. The van der Waals surface area contributed by atoms with E-state index in [-0.39, 0.29) is 0 Å². The number of fused-ring (bicyclic) bond motifs is 3. The summed E-state index contributed by atoms with van der Waals surface area (Å²) < 4.78 is 6.78.